The van der Waals surface area contributed by atoms with Crippen molar-refractivity contribution >= 4 is 23.4 Å². The van der Waals surface area contributed by atoms with Gasteiger partial charge in [0.25, 0.3) is 5.91 Å². The number of nitrogens with one attached hydrogen (secondary N) is 3. The van der Waals surface area contributed by atoms with Gasteiger partial charge in [0.2, 0.25) is 11.8 Å². The number of hydrogen-bond donors (Lipinski definition) is 4. The molecule has 194 valence electrons. The van der Waals surface area contributed by atoms with Gasteiger partial charge in [-0.2, -0.15) is 0 Å². The third kappa shape index (κ3) is 6.35. The van der Waals surface area contributed by atoms with Crippen molar-refractivity contribution in [1.29, 1.82) is 0 Å². The summed E-state index contributed by atoms with van der Waals surface area (Å²) in [7, 11) is 0. The highest BCUT2D eigenvalue weighted by Crippen LogP contribution is 2.40. The Kier molecular flexibility index (Phi) is 7.81. The van der Waals surface area contributed by atoms with Crippen LogP contribution in [0.25, 0.3) is 0 Å². The largest absolute Gasteiger partial charge is 0.506 e. The Labute approximate surface area is 210 Å². The molecule has 4 N–H and O–H groups in total. The van der Waals surface area contributed by atoms with Crippen LogP contribution in [0.3, 0.4) is 0 Å². The molecule has 0 bridgehead atoms. The van der Waals surface area contributed by atoms with Crippen LogP contribution in [0.5, 0.6) is 5.75 Å². The van der Waals surface area contributed by atoms with E-state index in [1.807, 2.05) is 19.9 Å². The number of amides is 3. The second-order valence-corrected chi connectivity index (χ2v) is 9.90. The Morgan fingerprint density at radius 1 is 1.14 bits per heavy atom. The molecule has 1 aliphatic heterocycles. The van der Waals surface area contributed by atoms with Crippen LogP contribution in [-0.4, -0.2) is 64.6 Å². The second kappa shape index (κ2) is 11.0. The predicted molar refractivity (Wildman–Crippen MR) is 134 cm³/mol. The zero-order chi connectivity index (χ0) is 25.8. The summed E-state index contributed by atoms with van der Waals surface area (Å²) < 4.78 is 5.25. The van der Waals surface area contributed by atoms with E-state index >= 15 is 0 Å². The van der Waals surface area contributed by atoms with Gasteiger partial charge in [0.05, 0.1) is 5.69 Å². The number of anilines is 1. The lowest BCUT2D eigenvalue weighted by Crippen LogP contribution is -2.47. The van der Waals surface area contributed by atoms with Gasteiger partial charge in [-0.1, -0.05) is 11.2 Å². The summed E-state index contributed by atoms with van der Waals surface area (Å²) in [4.78, 5) is 39.3. The number of benzene rings is 1. The first-order valence-corrected chi connectivity index (χ1v) is 12.6. The van der Waals surface area contributed by atoms with Crippen molar-refractivity contribution in [3.8, 4) is 5.75 Å². The van der Waals surface area contributed by atoms with Gasteiger partial charge in [0, 0.05) is 44.1 Å². The number of carbonyl (C=O) groups is 3. The van der Waals surface area contributed by atoms with E-state index in [1.165, 1.54) is 0 Å². The minimum atomic E-state index is -0.573. The molecule has 0 radical (unpaired) electrons. The number of piperidine rings is 1. The van der Waals surface area contributed by atoms with E-state index in [1.54, 1.807) is 24.0 Å². The van der Waals surface area contributed by atoms with Gasteiger partial charge in [-0.15, -0.1) is 0 Å². The van der Waals surface area contributed by atoms with Crippen molar-refractivity contribution in [2.24, 2.45) is 0 Å². The number of phenolic OH excluding ortho intramolecular Hbond substituents is 1. The Hall–Kier alpha value is -3.56. The highest BCUT2D eigenvalue weighted by molar-refractivity contribution is 5.92. The van der Waals surface area contributed by atoms with Gasteiger partial charge in [0.15, 0.2) is 5.69 Å². The van der Waals surface area contributed by atoms with Crippen LogP contribution >= 0.6 is 0 Å². The first-order valence-electron chi connectivity index (χ1n) is 12.6. The van der Waals surface area contributed by atoms with Crippen LogP contribution in [0.2, 0.25) is 0 Å². The molecule has 1 aromatic heterocycles. The van der Waals surface area contributed by atoms with Gasteiger partial charge >= 0.3 is 0 Å². The highest BCUT2D eigenvalue weighted by atomic mass is 16.5. The molecule has 10 heteroatoms. The van der Waals surface area contributed by atoms with Gasteiger partial charge < -0.3 is 30.5 Å². The first kappa shape index (κ1) is 25.5. The molecule has 1 aromatic carbocycles. The average Bonchev–Trinajstić information content (AvgIpc) is 3.58. The molecule has 10 nitrogen and oxygen atoms in total. The van der Waals surface area contributed by atoms with Gasteiger partial charge in [-0.25, -0.2) is 0 Å². The van der Waals surface area contributed by atoms with Crippen LogP contribution in [-0.2, 0) is 9.59 Å². The minimum Gasteiger partial charge on any atom is -0.506 e. The summed E-state index contributed by atoms with van der Waals surface area (Å²) in [5.41, 5.74) is 2.53. The zero-order valence-electron chi connectivity index (χ0n) is 21.1. The molecule has 1 aliphatic carbocycles. The second-order valence-electron chi connectivity index (χ2n) is 9.90. The van der Waals surface area contributed by atoms with Crippen molar-refractivity contribution in [2.75, 3.05) is 25.0 Å². The van der Waals surface area contributed by atoms with Gasteiger partial charge in [-0.05, 0) is 63.6 Å². The first-order chi connectivity index (χ1) is 17.2. The summed E-state index contributed by atoms with van der Waals surface area (Å²) >= 11 is 0. The van der Waals surface area contributed by atoms with Crippen molar-refractivity contribution in [1.82, 2.24) is 20.7 Å². The lowest BCUT2D eigenvalue weighted by atomic mass is 10.0. The lowest BCUT2D eigenvalue weighted by Gasteiger charge is -2.32. The molecular weight excluding hydrogens is 462 g/mol. The fourth-order valence-corrected chi connectivity index (χ4v) is 4.46. The highest BCUT2D eigenvalue weighted by Gasteiger charge is 2.30. The summed E-state index contributed by atoms with van der Waals surface area (Å²) in [6.45, 7) is 6.77. The molecule has 36 heavy (non-hydrogen) atoms. The molecule has 1 saturated carbocycles. The number of hydrogen-bond acceptors (Lipinski definition) is 7. The number of aryl methyl sites for hydroxylation is 2. The number of nitrogens with zero attached hydrogens (tertiary/aromatic N) is 2. The van der Waals surface area contributed by atoms with E-state index in [-0.39, 0.29) is 42.5 Å². The quantitative estimate of drug-likeness (QED) is 0.391. The predicted octanol–water partition coefficient (Wildman–Crippen LogP) is 2.60. The van der Waals surface area contributed by atoms with Gasteiger partial charge in [-0.3, -0.25) is 14.4 Å². The maximum absolute atomic E-state index is 12.6. The summed E-state index contributed by atoms with van der Waals surface area (Å²) in [5, 5.41) is 22.9. The molecule has 1 unspecified atom stereocenters. The van der Waals surface area contributed by atoms with E-state index in [2.05, 4.69) is 21.1 Å². The topological polar surface area (TPSA) is 137 Å². The van der Waals surface area contributed by atoms with Crippen LogP contribution < -0.4 is 16.0 Å². The van der Waals surface area contributed by atoms with Crippen LogP contribution in [0.4, 0.5) is 5.69 Å². The molecule has 1 saturated heterocycles. The Bertz CT molecular complexity index is 1120. The summed E-state index contributed by atoms with van der Waals surface area (Å²) in [6.07, 6.45) is 3.70. The van der Waals surface area contributed by atoms with Crippen molar-refractivity contribution in [3.63, 3.8) is 0 Å². The number of rotatable bonds is 9. The van der Waals surface area contributed by atoms with E-state index in [0.717, 1.165) is 29.7 Å². The zero-order valence-corrected chi connectivity index (χ0v) is 21.1. The SMILES string of the molecule is Cc1cc(C)c(O)c(NC(C)C(=O)NCCC(=O)N2CCC(NC(=O)c3cc(C4CC4)on3)CC2)c1. The summed E-state index contributed by atoms with van der Waals surface area (Å²) in [6, 6.07) is 4.79. The molecule has 0 spiro atoms. The van der Waals surface area contributed by atoms with Crippen LogP contribution in [0.15, 0.2) is 22.7 Å². The smallest absolute Gasteiger partial charge is 0.273 e. The van der Waals surface area contributed by atoms with Crippen molar-refractivity contribution in [2.45, 2.75) is 70.9 Å². The standard InChI is InChI=1S/C26H35N5O5/c1-15-12-16(2)24(33)20(13-15)28-17(3)25(34)27-9-6-23(32)31-10-7-19(8-11-31)29-26(35)21-14-22(36-30-21)18-4-5-18/h12-14,17-19,28,33H,4-11H2,1-3H3,(H,27,34)(H,29,35). The van der Waals surface area contributed by atoms with E-state index in [0.29, 0.717) is 43.2 Å². The fourth-order valence-electron chi connectivity index (χ4n) is 4.46. The van der Waals surface area contributed by atoms with Crippen LogP contribution in [0.1, 0.15) is 72.3 Å². The number of phenols is 1. The Balaban J connectivity index is 1.15. The number of aromatic hydroxyl groups is 1. The third-order valence-corrected chi connectivity index (χ3v) is 6.77. The normalized spacial score (nSPS) is 16.9. The minimum absolute atomic E-state index is 0.0177. The summed E-state index contributed by atoms with van der Waals surface area (Å²) in [5.74, 6) is 0.789. The molecular formula is C26H35N5O5. The molecule has 2 heterocycles. The fraction of sp³-hybridized carbons (Fsp3) is 0.538. The molecule has 3 amide bonds. The number of likely N-dealkylation sites (tertiary alicyclic amines) is 1. The Morgan fingerprint density at radius 2 is 1.86 bits per heavy atom. The molecule has 2 aromatic rings. The monoisotopic (exact) mass is 497 g/mol. The van der Waals surface area contributed by atoms with E-state index in [4.69, 9.17) is 4.52 Å². The molecule has 2 fully saturated rings. The molecule has 1 atom stereocenters. The molecule has 4 rings (SSSR count). The average molecular weight is 498 g/mol. The van der Waals surface area contributed by atoms with Crippen LogP contribution in [0, 0.1) is 13.8 Å². The van der Waals surface area contributed by atoms with E-state index in [9.17, 15) is 19.5 Å². The maximum Gasteiger partial charge on any atom is 0.273 e. The molecule has 2 aliphatic rings. The Morgan fingerprint density at radius 3 is 2.56 bits per heavy atom. The number of aromatic nitrogens is 1. The number of carbonyl (C=O) groups excluding carboxylic acids is 3. The maximum atomic E-state index is 12.6. The van der Waals surface area contributed by atoms with Crippen molar-refractivity contribution < 1.29 is 24.0 Å². The van der Waals surface area contributed by atoms with E-state index < -0.39 is 6.04 Å². The third-order valence-electron chi connectivity index (χ3n) is 6.77. The van der Waals surface area contributed by atoms with Gasteiger partial charge in [0.1, 0.15) is 17.6 Å². The lowest BCUT2D eigenvalue weighted by molar-refractivity contribution is -0.132. The van der Waals surface area contributed by atoms with Crippen molar-refractivity contribution in [3.05, 3.63) is 40.8 Å².